The fourth-order valence-electron chi connectivity index (χ4n) is 1.39. The molecule has 2 aromatic rings. The minimum absolute atomic E-state index is 0.188. The number of thioether (sulfide) groups is 1. The van der Waals surface area contributed by atoms with E-state index in [-0.39, 0.29) is 18.6 Å². The highest BCUT2D eigenvalue weighted by Gasteiger charge is 2.15. The maximum absolute atomic E-state index is 11.3. The van der Waals surface area contributed by atoms with Crippen LogP contribution in [-0.4, -0.2) is 39.5 Å². The molecule has 0 N–H and O–H groups in total. The SMILES string of the molecule is CC(F)(F)F.CCOC(=O)CSc1nccc(-c2ccccn2)n1. The molecule has 9 heteroatoms. The van der Waals surface area contributed by atoms with Crippen molar-refractivity contribution in [2.45, 2.75) is 25.2 Å². The number of carbonyl (C=O) groups excluding carboxylic acids is 1. The number of aromatic nitrogens is 3. The minimum atomic E-state index is -4.00. The lowest BCUT2D eigenvalue weighted by atomic mass is 10.3. The number of pyridine rings is 1. The van der Waals surface area contributed by atoms with Crippen molar-refractivity contribution < 1.29 is 22.7 Å². The normalized spacial score (nSPS) is 10.5. The Morgan fingerprint density at radius 3 is 2.46 bits per heavy atom. The zero-order valence-electron chi connectivity index (χ0n) is 13.1. The average Bonchev–Trinajstić information content (AvgIpc) is 2.53. The van der Waals surface area contributed by atoms with E-state index in [9.17, 15) is 18.0 Å². The summed E-state index contributed by atoms with van der Waals surface area (Å²) in [5, 5.41) is 0.538. The Bertz CT molecular complexity index is 633. The number of hydrogen-bond acceptors (Lipinski definition) is 6. The van der Waals surface area contributed by atoms with E-state index in [1.54, 1.807) is 25.4 Å². The third-order valence-corrected chi connectivity index (χ3v) is 3.02. The van der Waals surface area contributed by atoms with Crippen LogP contribution in [0.2, 0.25) is 0 Å². The van der Waals surface area contributed by atoms with Crippen LogP contribution in [0.1, 0.15) is 13.8 Å². The van der Waals surface area contributed by atoms with E-state index in [4.69, 9.17) is 4.74 Å². The van der Waals surface area contributed by atoms with Gasteiger partial charge in [0, 0.05) is 19.3 Å². The van der Waals surface area contributed by atoms with Crippen LogP contribution in [0.5, 0.6) is 0 Å². The van der Waals surface area contributed by atoms with Crippen molar-refractivity contribution in [3.8, 4) is 11.4 Å². The van der Waals surface area contributed by atoms with Crippen molar-refractivity contribution in [1.29, 1.82) is 0 Å². The molecule has 0 unspecified atom stereocenters. The molecule has 2 aromatic heterocycles. The highest BCUT2D eigenvalue weighted by Crippen LogP contribution is 2.18. The second-order valence-electron chi connectivity index (χ2n) is 4.31. The van der Waals surface area contributed by atoms with Gasteiger partial charge in [-0.25, -0.2) is 9.97 Å². The molecule has 0 radical (unpaired) electrons. The Morgan fingerprint density at radius 1 is 1.17 bits per heavy atom. The van der Waals surface area contributed by atoms with Gasteiger partial charge in [-0.15, -0.1) is 0 Å². The molecule has 0 saturated carbocycles. The fraction of sp³-hybridized carbons (Fsp3) is 0.333. The van der Waals surface area contributed by atoms with E-state index in [2.05, 4.69) is 15.0 Å². The molecule has 0 spiro atoms. The molecule has 24 heavy (non-hydrogen) atoms. The lowest BCUT2D eigenvalue weighted by Crippen LogP contribution is -2.07. The third kappa shape index (κ3) is 9.09. The summed E-state index contributed by atoms with van der Waals surface area (Å²) < 4.78 is 35.9. The molecular formula is C15H16F3N3O2S. The second-order valence-corrected chi connectivity index (χ2v) is 5.26. The Morgan fingerprint density at radius 2 is 1.88 bits per heavy atom. The van der Waals surface area contributed by atoms with Gasteiger partial charge in [-0.2, -0.15) is 13.2 Å². The van der Waals surface area contributed by atoms with Gasteiger partial charge in [0.05, 0.1) is 23.7 Å². The molecular weight excluding hydrogens is 343 g/mol. The molecule has 2 rings (SSSR count). The fourth-order valence-corrected chi connectivity index (χ4v) is 2.02. The third-order valence-electron chi connectivity index (χ3n) is 2.19. The quantitative estimate of drug-likeness (QED) is 0.460. The largest absolute Gasteiger partial charge is 0.465 e. The van der Waals surface area contributed by atoms with Gasteiger partial charge in [-0.1, -0.05) is 17.8 Å². The van der Waals surface area contributed by atoms with Gasteiger partial charge in [0.25, 0.3) is 0 Å². The van der Waals surface area contributed by atoms with Crippen LogP contribution in [0.25, 0.3) is 11.4 Å². The lowest BCUT2D eigenvalue weighted by Gasteiger charge is -2.03. The number of carbonyl (C=O) groups is 1. The van der Waals surface area contributed by atoms with Crippen molar-refractivity contribution >= 4 is 17.7 Å². The number of halogens is 3. The first-order valence-electron chi connectivity index (χ1n) is 6.89. The Hall–Kier alpha value is -2.16. The van der Waals surface area contributed by atoms with E-state index < -0.39 is 6.18 Å². The number of rotatable bonds is 5. The van der Waals surface area contributed by atoms with E-state index in [0.29, 0.717) is 11.8 Å². The highest BCUT2D eigenvalue weighted by atomic mass is 32.2. The zero-order valence-corrected chi connectivity index (χ0v) is 13.9. The Kier molecular flexibility index (Phi) is 8.17. The first kappa shape index (κ1) is 19.9. The van der Waals surface area contributed by atoms with Crippen LogP contribution in [0.3, 0.4) is 0 Å². The van der Waals surface area contributed by atoms with Gasteiger partial charge in [0.15, 0.2) is 5.16 Å². The molecule has 0 amide bonds. The number of ether oxygens (including phenoxy) is 1. The average molecular weight is 359 g/mol. The van der Waals surface area contributed by atoms with Crippen LogP contribution in [0.4, 0.5) is 13.2 Å². The topological polar surface area (TPSA) is 65.0 Å². The highest BCUT2D eigenvalue weighted by molar-refractivity contribution is 7.99. The first-order valence-corrected chi connectivity index (χ1v) is 7.87. The van der Waals surface area contributed by atoms with Gasteiger partial charge in [-0.3, -0.25) is 9.78 Å². The molecule has 0 bridgehead atoms. The molecule has 0 atom stereocenters. The summed E-state index contributed by atoms with van der Waals surface area (Å²) in [6.07, 6.45) is -0.632. The lowest BCUT2D eigenvalue weighted by molar-refractivity contribution is -0.139. The predicted molar refractivity (Wildman–Crippen MR) is 84.3 cm³/mol. The molecule has 0 fully saturated rings. The Labute approximate surface area is 141 Å². The van der Waals surface area contributed by atoms with Crippen LogP contribution in [0.15, 0.2) is 41.8 Å². The van der Waals surface area contributed by atoms with Crippen LogP contribution in [-0.2, 0) is 9.53 Å². The first-order chi connectivity index (χ1) is 11.3. The van der Waals surface area contributed by atoms with Gasteiger partial charge >= 0.3 is 12.1 Å². The molecule has 0 aliphatic heterocycles. The summed E-state index contributed by atoms with van der Waals surface area (Å²) in [4.78, 5) is 24.0. The van der Waals surface area contributed by atoms with E-state index in [1.165, 1.54) is 11.8 Å². The molecule has 0 saturated heterocycles. The summed E-state index contributed by atoms with van der Waals surface area (Å²) in [6.45, 7) is 2.35. The summed E-state index contributed by atoms with van der Waals surface area (Å²) >= 11 is 1.25. The summed E-state index contributed by atoms with van der Waals surface area (Å²) in [5.74, 6) is -0.0567. The number of hydrogen-bond donors (Lipinski definition) is 0. The molecule has 2 heterocycles. The summed E-state index contributed by atoms with van der Waals surface area (Å²) in [5.41, 5.74) is 1.52. The van der Waals surface area contributed by atoms with Gasteiger partial charge in [0.1, 0.15) is 0 Å². The second kappa shape index (κ2) is 9.86. The smallest absolute Gasteiger partial charge is 0.386 e. The van der Waals surface area contributed by atoms with Crippen molar-refractivity contribution in [2.75, 3.05) is 12.4 Å². The minimum Gasteiger partial charge on any atom is -0.465 e. The van der Waals surface area contributed by atoms with Crippen molar-refractivity contribution in [3.63, 3.8) is 0 Å². The van der Waals surface area contributed by atoms with E-state index >= 15 is 0 Å². The Balaban J connectivity index is 0.000000505. The molecule has 130 valence electrons. The van der Waals surface area contributed by atoms with Gasteiger partial charge < -0.3 is 4.74 Å². The summed E-state index contributed by atoms with van der Waals surface area (Å²) in [6, 6.07) is 7.41. The molecule has 5 nitrogen and oxygen atoms in total. The van der Waals surface area contributed by atoms with Crippen molar-refractivity contribution in [3.05, 3.63) is 36.7 Å². The van der Waals surface area contributed by atoms with Crippen LogP contribution >= 0.6 is 11.8 Å². The van der Waals surface area contributed by atoms with Crippen molar-refractivity contribution in [2.24, 2.45) is 0 Å². The monoisotopic (exact) mass is 359 g/mol. The van der Waals surface area contributed by atoms with E-state index in [1.807, 2.05) is 18.2 Å². The van der Waals surface area contributed by atoms with E-state index in [0.717, 1.165) is 11.4 Å². The maximum atomic E-state index is 11.3. The maximum Gasteiger partial charge on any atom is 0.386 e. The molecule has 0 aliphatic carbocycles. The molecule has 0 aliphatic rings. The standard InChI is InChI=1S/C13H13N3O2S.C2H3F3/c1-2-18-12(17)9-19-13-15-8-6-11(16-13)10-5-3-4-7-14-10;1-2(3,4)5/h3-8H,2,9H2,1H3;1H3. The van der Waals surface area contributed by atoms with Gasteiger partial charge in [-0.05, 0) is 25.1 Å². The van der Waals surface area contributed by atoms with Crippen LogP contribution < -0.4 is 0 Å². The predicted octanol–water partition coefficient (Wildman–Crippen LogP) is 3.76. The molecule has 0 aromatic carbocycles. The van der Waals surface area contributed by atoms with Crippen molar-refractivity contribution in [1.82, 2.24) is 15.0 Å². The number of alkyl halides is 3. The number of esters is 1. The summed E-state index contributed by atoms with van der Waals surface area (Å²) in [7, 11) is 0. The number of nitrogens with zero attached hydrogens (tertiary/aromatic N) is 3. The van der Waals surface area contributed by atoms with Gasteiger partial charge in [0.2, 0.25) is 0 Å². The van der Waals surface area contributed by atoms with Crippen LogP contribution in [0, 0.1) is 0 Å². The zero-order chi connectivity index (χ0) is 18.0.